The molecule has 2 aromatic rings. The number of pyridine rings is 1. The fourth-order valence-electron chi connectivity index (χ4n) is 1.83. The van der Waals surface area contributed by atoms with Crippen molar-refractivity contribution in [1.29, 1.82) is 0 Å². The van der Waals surface area contributed by atoms with E-state index in [1.165, 1.54) is 0 Å². The molecule has 0 aliphatic rings. The van der Waals surface area contributed by atoms with Gasteiger partial charge in [0.25, 0.3) is 0 Å². The van der Waals surface area contributed by atoms with Gasteiger partial charge in [0.2, 0.25) is 0 Å². The SMILES string of the molecule is CCNC(C(=O)O)c1ccc2ncccc2c1. The van der Waals surface area contributed by atoms with Gasteiger partial charge in [0.05, 0.1) is 5.52 Å². The van der Waals surface area contributed by atoms with E-state index >= 15 is 0 Å². The molecule has 0 amide bonds. The second kappa shape index (κ2) is 4.93. The molecule has 4 nitrogen and oxygen atoms in total. The number of nitrogens with one attached hydrogen (secondary N) is 1. The summed E-state index contributed by atoms with van der Waals surface area (Å²) in [4.78, 5) is 15.4. The lowest BCUT2D eigenvalue weighted by atomic mass is 10.0. The topological polar surface area (TPSA) is 62.2 Å². The van der Waals surface area contributed by atoms with Crippen LogP contribution >= 0.6 is 0 Å². The Kier molecular flexibility index (Phi) is 3.35. The summed E-state index contributed by atoms with van der Waals surface area (Å²) in [6, 6.07) is 8.62. The van der Waals surface area contributed by atoms with Crippen molar-refractivity contribution in [3.05, 3.63) is 42.1 Å². The van der Waals surface area contributed by atoms with Gasteiger partial charge >= 0.3 is 5.97 Å². The molecule has 1 unspecified atom stereocenters. The number of rotatable bonds is 4. The van der Waals surface area contributed by atoms with Crippen LogP contribution in [0.1, 0.15) is 18.5 Å². The summed E-state index contributed by atoms with van der Waals surface area (Å²) in [7, 11) is 0. The lowest BCUT2D eigenvalue weighted by molar-refractivity contribution is -0.139. The van der Waals surface area contributed by atoms with Crippen LogP contribution in [0.25, 0.3) is 10.9 Å². The minimum atomic E-state index is -0.866. The maximum atomic E-state index is 11.1. The van der Waals surface area contributed by atoms with Gasteiger partial charge in [0, 0.05) is 11.6 Å². The number of benzene rings is 1. The minimum absolute atomic E-state index is 0.613. The summed E-state index contributed by atoms with van der Waals surface area (Å²) >= 11 is 0. The molecule has 2 rings (SSSR count). The number of likely N-dealkylation sites (N-methyl/N-ethyl adjacent to an activating group) is 1. The van der Waals surface area contributed by atoms with E-state index in [4.69, 9.17) is 5.11 Å². The number of hydrogen-bond acceptors (Lipinski definition) is 3. The number of carbonyl (C=O) groups is 1. The lowest BCUT2D eigenvalue weighted by Crippen LogP contribution is -2.28. The van der Waals surface area contributed by atoms with E-state index in [1.807, 2.05) is 31.2 Å². The van der Waals surface area contributed by atoms with Crippen LogP contribution in [0.2, 0.25) is 0 Å². The molecule has 17 heavy (non-hydrogen) atoms. The van der Waals surface area contributed by atoms with Gasteiger partial charge in [-0.1, -0.05) is 19.1 Å². The van der Waals surface area contributed by atoms with E-state index in [0.717, 1.165) is 16.5 Å². The van der Waals surface area contributed by atoms with Crippen molar-refractivity contribution in [2.24, 2.45) is 0 Å². The third kappa shape index (κ3) is 2.42. The van der Waals surface area contributed by atoms with Crippen LogP contribution in [0.4, 0.5) is 0 Å². The van der Waals surface area contributed by atoms with E-state index in [-0.39, 0.29) is 0 Å². The Hall–Kier alpha value is -1.94. The number of nitrogens with zero attached hydrogens (tertiary/aromatic N) is 1. The third-order valence-corrected chi connectivity index (χ3v) is 2.62. The zero-order valence-electron chi connectivity index (χ0n) is 9.55. The second-order valence-electron chi connectivity index (χ2n) is 3.78. The maximum absolute atomic E-state index is 11.1. The summed E-state index contributed by atoms with van der Waals surface area (Å²) in [6.45, 7) is 2.50. The van der Waals surface area contributed by atoms with Gasteiger partial charge in [0.1, 0.15) is 6.04 Å². The summed E-state index contributed by atoms with van der Waals surface area (Å²) in [5.74, 6) is -0.866. The third-order valence-electron chi connectivity index (χ3n) is 2.62. The smallest absolute Gasteiger partial charge is 0.325 e. The molecule has 1 heterocycles. The summed E-state index contributed by atoms with van der Waals surface area (Å²) < 4.78 is 0. The van der Waals surface area contributed by atoms with Crippen molar-refractivity contribution in [2.45, 2.75) is 13.0 Å². The summed E-state index contributed by atoms with van der Waals surface area (Å²) in [5, 5.41) is 13.0. The van der Waals surface area contributed by atoms with Crippen molar-refractivity contribution in [2.75, 3.05) is 6.54 Å². The molecular weight excluding hydrogens is 216 g/mol. The number of fused-ring (bicyclic) bond motifs is 1. The van der Waals surface area contributed by atoms with Crippen molar-refractivity contribution in [3.63, 3.8) is 0 Å². The first kappa shape index (κ1) is 11.5. The molecule has 0 radical (unpaired) electrons. The monoisotopic (exact) mass is 230 g/mol. The number of carboxylic acid groups (broad SMARTS) is 1. The predicted octanol–water partition coefficient (Wildman–Crippen LogP) is 1.97. The second-order valence-corrected chi connectivity index (χ2v) is 3.78. The molecule has 4 heteroatoms. The fourth-order valence-corrected chi connectivity index (χ4v) is 1.83. The molecule has 0 aliphatic heterocycles. The first-order valence-corrected chi connectivity index (χ1v) is 5.53. The molecule has 0 spiro atoms. The van der Waals surface area contributed by atoms with Gasteiger partial charge < -0.3 is 10.4 Å². The minimum Gasteiger partial charge on any atom is -0.480 e. The number of carboxylic acids is 1. The van der Waals surface area contributed by atoms with Crippen LogP contribution in [0.5, 0.6) is 0 Å². The molecular formula is C13H14N2O2. The maximum Gasteiger partial charge on any atom is 0.325 e. The van der Waals surface area contributed by atoms with Gasteiger partial charge in [-0.2, -0.15) is 0 Å². The van der Waals surface area contributed by atoms with E-state index in [1.54, 1.807) is 12.3 Å². The van der Waals surface area contributed by atoms with Gasteiger partial charge in [-0.3, -0.25) is 9.78 Å². The van der Waals surface area contributed by atoms with Crippen molar-refractivity contribution < 1.29 is 9.90 Å². The Morgan fingerprint density at radius 1 is 1.47 bits per heavy atom. The normalized spacial score (nSPS) is 12.5. The van der Waals surface area contributed by atoms with Gasteiger partial charge in [0.15, 0.2) is 0 Å². The first-order valence-electron chi connectivity index (χ1n) is 5.53. The average molecular weight is 230 g/mol. The molecule has 0 aliphatic carbocycles. The largest absolute Gasteiger partial charge is 0.480 e. The molecule has 1 atom stereocenters. The molecule has 0 fully saturated rings. The Morgan fingerprint density at radius 2 is 2.29 bits per heavy atom. The zero-order valence-corrected chi connectivity index (χ0v) is 9.55. The molecule has 2 N–H and O–H groups in total. The Bertz CT molecular complexity index is 540. The number of aromatic nitrogens is 1. The van der Waals surface area contributed by atoms with Crippen LogP contribution in [-0.2, 0) is 4.79 Å². The van der Waals surface area contributed by atoms with Gasteiger partial charge in [-0.05, 0) is 30.3 Å². The molecule has 1 aromatic carbocycles. The zero-order chi connectivity index (χ0) is 12.3. The standard InChI is InChI=1S/C13H14N2O2/c1-2-14-12(13(16)17)10-5-6-11-9(8-10)4-3-7-15-11/h3-8,12,14H,2H2,1H3,(H,16,17). The molecule has 0 saturated carbocycles. The van der Waals surface area contributed by atoms with Crippen molar-refractivity contribution >= 4 is 16.9 Å². The molecule has 0 bridgehead atoms. The van der Waals surface area contributed by atoms with Gasteiger partial charge in [-0.25, -0.2) is 0 Å². The number of aliphatic carboxylic acids is 1. The van der Waals surface area contributed by atoms with E-state index in [2.05, 4.69) is 10.3 Å². The average Bonchev–Trinajstić information content (AvgIpc) is 2.35. The lowest BCUT2D eigenvalue weighted by Gasteiger charge is -2.13. The van der Waals surface area contributed by atoms with Crippen molar-refractivity contribution in [3.8, 4) is 0 Å². The van der Waals surface area contributed by atoms with Crippen LogP contribution < -0.4 is 5.32 Å². The number of hydrogen-bond donors (Lipinski definition) is 2. The van der Waals surface area contributed by atoms with Crippen LogP contribution in [0, 0.1) is 0 Å². The van der Waals surface area contributed by atoms with Crippen LogP contribution in [0.3, 0.4) is 0 Å². The fraction of sp³-hybridized carbons (Fsp3) is 0.231. The Labute approximate surface area is 99.3 Å². The van der Waals surface area contributed by atoms with E-state index < -0.39 is 12.0 Å². The summed E-state index contributed by atoms with van der Waals surface area (Å²) in [5.41, 5.74) is 1.62. The van der Waals surface area contributed by atoms with Crippen LogP contribution in [0.15, 0.2) is 36.5 Å². The predicted molar refractivity (Wildman–Crippen MR) is 65.8 cm³/mol. The molecule has 88 valence electrons. The van der Waals surface area contributed by atoms with E-state index in [9.17, 15) is 4.79 Å². The highest BCUT2D eigenvalue weighted by Gasteiger charge is 2.18. The Morgan fingerprint density at radius 3 is 3.00 bits per heavy atom. The van der Waals surface area contributed by atoms with Gasteiger partial charge in [-0.15, -0.1) is 0 Å². The first-order chi connectivity index (χ1) is 8.22. The highest BCUT2D eigenvalue weighted by atomic mass is 16.4. The quantitative estimate of drug-likeness (QED) is 0.843. The van der Waals surface area contributed by atoms with Crippen LogP contribution in [-0.4, -0.2) is 22.6 Å². The highest BCUT2D eigenvalue weighted by Crippen LogP contribution is 2.19. The molecule has 0 saturated heterocycles. The van der Waals surface area contributed by atoms with E-state index in [0.29, 0.717) is 6.54 Å². The summed E-state index contributed by atoms with van der Waals surface area (Å²) in [6.07, 6.45) is 1.72. The molecule has 1 aromatic heterocycles. The highest BCUT2D eigenvalue weighted by molar-refractivity contribution is 5.82. The Balaban J connectivity index is 2.43. The van der Waals surface area contributed by atoms with Crippen molar-refractivity contribution in [1.82, 2.24) is 10.3 Å².